The van der Waals surface area contributed by atoms with Crippen LogP contribution in [-0.4, -0.2) is 22.9 Å². The third kappa shape index (κ3) is 2.48. The Morgan fingerprint density at radius 2 is 2.17 bits per heavy atom. The Morgan fingerprint density at radius 1 is 1.50 bits per heavy atom. The van der Waals surface area contributed by atoms with Crippen LogP contribution >= 0.6 is 11.8 Å². The molecule has 2 fully saturated rings. The molecule has 1 saturated carbocycles. The Bertz CT molecular complexity index is 409. The lowest BCUT2D eigenvalue weighted by atomic mass is 10.1. The summed E-state index contributed by atoms with van der Waals surface area (Å²) in [6.45, 7) is 7.84. The van der Waals surface area contributed by atoms with Gasteiger partial charge in [-0.15, -0.1) is 0 Å². The van der Waals surface area contributed by atoms with Gasteiger partial charge in [-0.1, -0.05) is 31.7 Å². The van der Waals surface area contributed by atoms with Crippen molar-refractivity contribution in [3.05, 3.63) is 11.6 Å². The summed E-state index contributed by atoms with van der Waals surface area (Å²) < 4.78 is 5.27. The maximum Gasteiger partial charge on any atom is 0.310 e. The molecular weight excluding hydrogens is 248 g/mol. The number of rotatable bonds is 3. The molecule has 100 valence electrons. The molecule has 0 aromatic carbocycles. The van der Waals surface area contributed by atoms with E-state index in [0.717, 1.165) is 17.7 Å². The van der Waals surface area contributed by atoms with Gasteiger partial charge in [0, 0.05) is 11.3 Å². The summed E-state index contributed by atoms with van der Waals surface area (Å²) in [6.07, 6.45) is 2.77. The first-order chi connectivity index (χ1) is 8.34. The smallest absolute Gasteiger partial charge is 0.310 e. The molecule has 0 N–H and O–H groups in total. The van der Waals surface area contributed by atoms with Crippen LogP contribution < -0.4 is 0 Å². The van der Waals surface area contributed by atoms with Crippen LogP contribution in [0.25, 0.3) is 0 Å². The van der Waals surface area contributed by atoms with E-state index < -0.39 is 0 Å². The van der Waals surface area contributed by atoms with Gasteiger partial charge >= 0.3 is 5.97 Å². The minimum Gasteiger partial charge on any atom is -0.463 e. The molecule has 1 saturated heterocycles. The molecule has 2 rings (SSSR count). The van der Waals surface area contributed by atoms with E-state index >= 15 is 0 Å². The molecule has 2 unspecified atom stereocenters. The lowest BCUT2D eigenvalue weighted by molar-refractivity contribution is -0.150. The lowest BCUT2D eigenvalue weighted by Crippen LogP contribution is -2.15. The fraction of sp³-hybridized carbons (Fsp3) is 0.714. The monoisotopic (exact) mass is 268 g/mol. The highest BCUT2D eigenvalue weighted by molar-refractivity contribution is 8.14. The summed E-state index contributed by atoms with van der Waals surface area (Å²) in [5.74, 6) is 0.806. The van der Waals surface area contributed by atoms with Gasteiger partial charge in [-0.25, -0.2) is 0 Å². The number of allylic oxidation sites excluding steroid dienone is 1. The van der Waals surface area contributed by atoms with Crippen molar-refractivity contribution in [1.29, 1.82) is 0 Å². The molecule has 1 aliphatic heterocycles. The van der Waals surface area contributed by atoms with E-state index in [1.807, 2.05) is 19.9 Å². The van der Waals surface area contributed by atoms with E-state index in [1.165, 1.54) is 11.8 Å². The van der Waals surface area contributed by atoms with Gasteiger partial charge in [-0.3, -0.25) is 9.59 Å². The fourth-order valence-corrected chi connectivity index (χ4v) is 3.42. The summed E-state index contributed by atoms with van der Waals surface area (Å²) in [4.78, 5) is 23.5. The summed E-state index contributed by atoms with van der Waals surface area (Å²) in [5, 5.41) is 0.175. The van der Waals surface area contributed by atoms with Crippen LogP contribution in [0, 0.1) is 17.3 Å². The summed E-state index contributed by atoms with van der Waals surface area (Å²) in [5.41, 5.74) is 0.810. The molecule has 0 radical (unpaired) electrons. The molecule has 0 aromatic rings. The number of thioether (sulfide) groups is 1. The number of ether oxygens (including phenoxy) is 1. The predicted molar refractivity (Wildman–Crippen MR) is 72.2 cm³/mol. The highest BCUT2D eigenvalue weighted by Crippen LogP contribution is 2.60. The molecule has 4 heteroatoms. The number of hydrogen-bond donors (Lipinski definition) is 0. The molecule has 0 aromatic heterocycles. The van der Waals surface area contributed by atoms with Crippen molar-refractivity contribution in [2.75, 3.05) is 5.75 Å². The van der Waals surface area contributed by atoms with Crippen molar-refractivity contribution in [3.8, 4) is 0 Å². The van der Waals surface area contributed by atoms with Crippen LogP contribution in [0.4, 0.5) is 0 Å². The second-order valence-electron chi connectivity index (χ2n) is 5.89. The van der Waals surface area contributed by atoms with E-state index in [1.54, 1.807) is 0 Å². The maximum absolute atomic E-state index is 12.0. The van der Waals surface area contributed by atoms with Gasteiger partial charge in [-0.05, 0) is 31.6 Å². The minimum absolute atomic E-state index is 0.0769. The van der Waals surface area contributed by atoms with E-state index in [2.05, 4.69) is 13.8 Å². The Kier molecular flexibility index (Phi) is 3.58. The molecule has 3 nitrogen and oxygen atoms in total. The fourth-order valence-electron chi connectivity index (χ4n) is 2.56. The van der Waals surface area contributed by atoms with Gasteiger partial charge < -0.3 is 4.74 Å². The van der Waals surface area contributed by atoms with E-state index in [9.17, 15) is 9.59 Å². The van der Waals surface area contributed by atoms with Crippen molar-refractivity contribution >= 4 is 22.8 Å². The zero-order valence-corrected chi connectivity index (χ0v) is 12.2. The first kappa shape index (κ1) is 13.7. The zero-order valence-electron chi connectivity index (χ0n) is 11.4. The molecular formula is C14H20O3S. The summed E-state index contributed by atoms with van der Waals surface area (Å²) in [6, 6.07) is 0. The van der Waals surface area contributed by atoms with Crippen LogP contribution in [0.1, 0.15) is 34.1 Å². The van der Waals surface area contributed by atoms with Gasteiger partial charge in [0.05, 0.1) is 12.0 Å². The minimum atomic E-state index is -0.130. The molecule has 0 spiro atoms. The van der Waals surface area contributed by atoms with Gasteiger partial charge in [0.25, 0.3) is 0 Å². The molecule has 1 heterocycles. The van der Waals surface area contributed by atoms with Crippen molar-refractivity contribution in [2.24, 2.45) is 17.3 Å². The molecule has 2 aliphatic rings. The standard InChI is InChI=1S/C14H20O3S/c1-8(2)17-12(15)11-10(14(11,3)4)7-9-5-6-18-13(9)16/h7-8,10-11H,5-6H2,1-4H3/b9-7-. The van der Waals surface area contributed by atoms with Gasteiger partial charge in [0.15, 0.2) is 0 Å². The van der Waals surface area contributed by atoms with Crippen LogP contribution in [0.3, 0.4) is 0 Å². The first-order valence-electron chi connectivity index (χ1n) is 6.42. The van der Waals surface area contributed by atoms with Crippen molar-refractivity contribution in [1.82, 2.24) is 0 Å². The van der Waals surface area contributed by atoms with Crippen molar-refractivity contribution in [2.45, 2.75) is 40.2 Å². The quantitative estimate of drug-likeness (QED) is 0.583. The normalized spacial score (nSPS) is 32.1. The number of esters is 1. The summed E-state index contributed by atoms with van der Waals surface area (Å²) >= 11 is 1.37. The Hall–Kier alpha value is -0.770. The topological polar surface area (TPSA) is 43.4 Å². The average molecular weight is 268 g/mol. The average Bonchev–Trinajstić information content (AvgIpc) is 2.56. The SMILES string of the molecule is CC(C)OC(=O)C1C(/C=C2/CCSC2=O)C1(C)C. The number of carbonyl (C=O) groups excluding carboxylic acids is 2. The Labute approximate surface area is 112 Å². The van der Waals surface area contributed by atoms with Crippen molar-refractivity contribution < 1.29 is 14.3 Å². The Balaban J connectivity index is 2.07. The molecule has 2 atom stereocenters. The number of carbonyl (C=O) groups is 2. The van der Waals surface area contributed by atoms with E-state index in [-0.39, 0.29) is 34.4 Å². The number of hydrogen-bond acceptors (Lipinski definition) is 4. The lowest BCUT2D eigenvalue weighted by Gasteiger charge is -2.08. The van der Waals surface area contributed by atoms with Crippen LogP contribution in [-0.2, 0) is 14.3 Å². The molecule has 0 amide bonds. The first-order valence-corrected chi connectivity index (χ1v) is 7.41. The highest BCUT2D eigenvalue weighted by atomic mass is 32.2. The van der Waals surface area contributed by atoms with Crippen LogP contribution in [0.5, 0.6) is 0 Å². The Morgan fingerprint density at radius 3 is 2.67 bits per heavy atom. The maximum atomic E-state index is 12.0. The third-order valence-electron chi connectivity index (χ3n) is 3.76. The second kappa shape index (κ2) is 4.72. The third-order valence-corrected chi connectivity index (χ3v) is 4.70. The second-order valence-corrected chi connectivity index (χ2v) is 6.96. The molecule has 0 bridgehead atoms. The van der Waals surface area contributed by atoms with Gasteiger partial charge in [-0.2, -0.15) is 0 Å². The molecule has 18 heavy (non-hydrogen) atoms. The highest BCUT2D eigenvalue weighted by Gasteiger charge is 2.61. The van der Waals surface area contributed by atoms with Crippen molar-refractivity contribution in [3.63, 3.8) is 0 Å². The zero-order chi connectivity index (χ0) is 13.5. The van der Waals surface area contributed by atoms with Crippen LogP contribution in [0.2, 0.25) is 0 Å². The van der Waals surface area contributed by atoms with Crippen LogP contribution in [0.15, 0.2) is 11.6 Å². The van der Waals surface area contributed by atoms with E-state index in [4.69, 9.17) is 4.74 Å². The molecule has 1 aliphatic carbocycles. The van der Waals surface area contributed by atoms with Gasteiger partial charge in [0.1, 0.15) is 0 Å². The largest absolute Gasteiger partial charge is 0.463 e. The van der Waals surface area contributed by atoms with E-state index in [0.29, 0.717) is 0 Å². The van der Waals surface area contributed by atoms with Gasteiger partial charge in [0.2, 0.25) is 5.12 Å². The predicted octanol–water partition coefficient (Wildman–Crippen LogP) is 2.80. The summed E-state index contributed by atoms with van der Waals surface area (Å²) in [7, 11) is 0.